The minimum atomic E-state index is 0.483. The van der Waals surface area contributed by atoms with Gasteiger partial charge in [-0.3, -0.25) is 9.58 Å². The van der Waals surface area contributed by atoms with Crippen LogP contribution in [0.3, 0.4) is 0 Å². The summed E-state index contributed by atoms with van der Waals surface area (Å²) in [6, 6.07) is 0.483. The number of hydrogen-bond donors (Lipinski definition) is 0. The van der Waals surface area contributed by atoms with Gasteiger partial charge >= 0.3 is 0 Å². The summed E-state index contributed by atoms with van der Waals surface area (Å²) in [5.74, 6) is 0. The predicted octanol–water partition coefficient (Wildman–Crippen LogP) is 1.20. The molecule has 0 radical (unpaired) electrons. The standard InChI is InChI=1S/C12H21N3O/c1-10(9-16-3)15-6-4-5-12-11(8-15)7-13-14(12)2/h7,10H,4-6,8-9H2,1-3H3. The Labute approximate surface area is 97.2 Å². The molecule has 4 heteroatoms. The van der Waals surface area contributed by atoms with E-state index in [4.69, 9.17) is 4.74 Å². The summed E-state index contributed by atoms with van der Waals surface area (Å²) in [7, 11) is 3.80. The quantitative estimate of drug-likeness (QED) is 0.771. The maximum Gasteiger partial charge on any atom is 0.0615 e. The molecule has 0 bridgehead atoms. The second kappa shape index (κ2) is 4.97. The van der Waals surface area contributed by atoms with Crippen molar-refractivity contribution in [1.82, 2.24) is 14.7 Å². The van der Waals surface area contributed by atoms with E-state index < -0.39 is 0 Å². The number of nitrogens with zero attached hydrogens (tertiary/aromatic N) is 3. The van der Waals surface area contributed by atoms with E-state index in [1.165, 1.54) is 17.7 Å². The van der Waals surface area contributed by atoms with Crippen LogP contribution < -0.4 is 0 Å². The maximum atomic E-state index is 5.23. The van der Waals surface area contributed by atoms with Crippen LogP contribution in [0.15, 0.2) is 6.20 Å². The Morgan fingerprint density at radius 3 is 3.12 bits per heavy atom. The molecule has 2 rings (SSSR count). The summed E-state index contributed by atoms with van der Waals surface area (Å²) in [6.45, 7) is 5.19. The van der Waals surface area contributed by atoms with Crippen LogP contribution in [0.25, 0.3) is 0 Å². The zero-order valence-corrected chi connectivity index (χ0v) is 10.4. The first-order valence-corrected chi connectivity index (χ1v) is 5.95. The summed E-state index contributed by atoms with van der Waals surface area (Å²) in [5, 5.41) is 4.34. The number of ether oxygens (including phenoxy) is 1. The van der Waals surface area contributed by atoms with Crippen LogP contribution in [0.5, 0.6) is 0 Å². The molecule has 1 aromatic rings. The first-order chi connectivity index (χ1) is 7.72. The molecule has 2 heterocycles. The highest BCUT2D eigenvalue weighted by atomic mass is 16.5. The first-order valence-electron chi connectivity index (χ1n) is 5.95. The van der Waals surface area contributed by atoms with Gasteiger partial charge in [-0.1, -0.05) is 0 Å². The molecule has 0 N–H and O–H groups in total. The highest BCUT2D eigenvalue weighted by molar-refractivity contribution is 5.19. The van der Waals surface area contributed by atoms with Crippen molar-refractivity contribution in [3.8, 4) is 0 Å². The van der Waals surface area contributed by atoms with E-state index >= 15 is 0 Å². The van der Waals surface area contributed by atoms with Crippen LogP contribution in [0, 0.1) is 0 Å². The molecule has 0 amide bonds. The monoisotopic (exact) mass is 223 g/mol. The van der Waals surface area contributed by atoms with E-state index in [-0.39, 0.29) is 0 Å². The van der Waals surface area contributed by atoms with Gasteiger partial charge in [-0.2, -0.15) is 5.10 Å². The molecular weight excluding hydrogens is 202 g/mol. The minimum absolute atomic E-state index is 0.483. The maximum absolute atomic E-state index is 5.23. The van der Waals surface area contributed by atoms with Crippen molar-refractivity contribution in [1.29, 1.82) is 0 Å². The Kier molecular flexibility index (Phi) is 3.61. The molecule has 0 aromatic carbocycles. The number of rotatable bonds is 3. The Morgan fingerprint density at radius 1 is 1.56 bits per heavy atom. The van der Waals surface area contributed by atoms with Crippen LogP contribution >= 0.6 is 0 Å². The van der Waals surface area contributed by atoms with Gasteiger partial charge in [-0.05, 0) is 26.3 Å². The van der Waals surface area contributed by atoms with Crippen LogP contribution in [-0.4, -0.2) is 41.0 Å². The zero-order valence-electron chi connectivity index (χ0n) is 10.4. The second-order valence-electron chi connectivity index (χ2n) is 4.62. The van der Waals surface area contributed by atoms with Crippen molar-refractivity contribution in [3.05, 3.63) is 17.5 Å². The molecule has 0 spiro atoms. The first kappa shape index (κ1) is 11.6. The van der Waals surface area contributed by atoms with Gasteiger partial charge < -0.3 is 4.74 Å². The van der Waals surface area contributed by atoms with Gasteiger partial charge in [0.15, 0.2) is 0 Å². The number of fused-ring (bicyclic) bond motifs is 1. The fraction of sp³-hybridized carbons (Fsp3) is 0.750. The van der Waals surface area contributed by atoms with Crippen molar-refractivity contribution in [2.24, 2.45) is 7.05 Å². The summed E-state index contributed by atoms with van der Waals surface area (Å²) < 4.78 is 7.24. The van der Waals surface area contributed by atoms with Gasteiger partial charge in [0.1, 0.15) is 0 Å². The van der Waals surface area contributed by atoms with Gasteiger partial charge in [-0.25, -0.2) is 0 Å². The molecule has 16 heavy (non-hydrogen) atoms. The molecule has 1 atom stereocenters. The Hall–Kier alpha value is -0.870. The lowest BCUT2D eigenvalue weighted by atomic mass is 10.2. The highest BCUT2D eigenvalue weighted by Crippen LogP contribution is 2.19. The average Bonchev–Trinajstić information content (AvgIpc) is 2.52. The molecule has 0 saturated heterocycles. The Bertz CT molecular complexity index is 348. The molecule has 0 fully saturated rings. The van der Waals surface area contributed by atoms with Crippen LogP contribution in [0.1, 0.15) is 24.6 Å². The number of aryl methyl sites for hydroxylation is 1. The van der Waals surface area contributed by atoms with Crippen molar-refractivity contribution < 1.29 is 4.74 Å². The van der Waals surface area contributed by atoms with Gasteiger partial charge in [0.2, 0.25) is 0 Å². The summed E-state index contributed by atoms with van der Waals surface area (Å²) in [6.07, 6.45) is 4.36. The molecular formula is C12H21N3O. The second-order valence-corrected chi connectivity index (χ2v) is 4.62. The number of hydrogen-bond acceptors (Lipinski definition) is 3. The fourth-order valence-corrected chi connectivity index (χ4v) is 2.43. The van der Waals surface area contributed by atoms with Gasteiger partial charge in [0, 0.05) is 38.0 Å². The van der Waals surface area contributed by atoms with E-state index in [0.29, 0.717) is 6.04 Å². The molecule has 0 aliphatic carbocycles. The van der Waals surface area contributed by atoms with Crippen molar-refractivity contribution in [2.75, 3.05) is 20.3 Å². The van der Waals surface area contributed by atoms with Gasteiger partial charge in [0.05, 0.1) is 12.8 Å². The smallest absolute Gasteiger partial charge is 0.0615 e. The lowest BCUT2D eigenvalue weighted by Gasteiger charge is -2.26. The van der Waals surface area contributed by atoms with Crippen LogP contribution in [0.2, 0.25) is 0 Å². The molecule has 0 saturated carbocycles. The summed E-state index contributed by atoms with van der Waals surface area (Å²) in [5.41, 5.74) is 2.77. The Balaban J connectivity index is 2.10. The molecule has 1 unspecified atom stereocenters. The van der Waals surface area contributed by atoms with Crippen molar-refractivity contribution in [3.63, 3.8) is 0 Å². The molecule has 90 valence electrons. The third-order valence-corrected chi connectivity index (χ3v) is 3.41. The minimum Gasteiger partial charge on any atom is -0.383 e. The predicted molar refractivity (Wildman–Crippen MR) is 63.3 cm³/mol. The largest absolute Gasteiger partial charge is 0.383 e. The van der Waals surface area contributed by atoms with Crippen LogP contribution in [-0.2, 0) is 24.8 Å². The lowest BCUT2D eigenvalue weighted by Crippen LogP contribution is -2.35. The number of aromatic nitrogens is 2. The fourth-order valence-electron chi connectivity index (χ4n) is 2.43. The SMILES string of the molecule is COCC(C)N1CCCc2c(cnn2C)C1. The Morgan fingerprint density at radius 2 is 2.38 bits per heavy atom. The summed E-state index contributed by atoms with van der Waals surface area (Å²) in [4.78, 5) is 2.48. The third-order valence-electron chi connectivity index (χ3n) is 3.41. The van der Waals surface area contributed by atoms with E-state index in [0.717, 1.165) is 26.1 Å². The van der Waals surface area contributed by atoms with Gasteiger partial charge in [0.25, 0.3) is 0 Å². The average molecular weight is 223 g/mol. The van der Waals surface area contributed by atoms with Crippen molar-refractivity contribution in [2.45, 2.75) is 32.4 Å². The molecule has 1 aliphatic heterocycles. The topological polar surface area (TPSA) is 30.3 Å². The van der Waals surface area contributed by atoms with Gasteiger partial charge in [-0.15, -0.1) is 0 Å². The third kappa shape index (κ3) is 2.28. The summed E-state index contributed by atoms with van der Waals surface area (Å²) >= 11 is 0. The normalized spacial score (nSPS) is 19.2. The molecule has 4 nitrogen and oxygen atoms in total. The molecule has 1 aliphatic rings. The van der Waals surface area contributed by atoms with E-state index in [2.05, 4.69) is 16.9 Å². The molecule has 1 aromatic heterocycles. The highest BCUT2D eigenvalue weighted by Gasteiger charge is 2.20. The van der Waals surface area contributed by atoms with E-state index in [1.807, 2.05) is 17.9 Å². The lowest BCUT2D eigenvalue weighted by molar-refractivity contribution is 0.0955. The zero-order chi connectivity index (χ0) is 11.5. The van der Waals surface area contributed by atoms with E-state index in [1.54, 1.807) is 7.11 Å². The number of methoxy groups -OCH3 is 1. The van der Waals surface area contributed by atoms with E-state index in [9.17, 15) is 0 Å². The van der Waals surface area contributed by atoms with Crippen LogP contribution in [0.4, 0.5) is 0 Å². The van der Waals surface area contributed by atoms with Crippen molar-refractivity contribution >= 4 is 0 Å².